The van der Waals surface area contributed by atoms with E-state index in [-0.39, 0.29) is 23.7 Å². The van der Waals surface area contributed by atoms with Crippen molar-refractivity contribution in [2.45, 2.75) is 31.1 Å². The standard InChI is InChI=1S/C23H25NO3/c25-22(24-14-8-3-9-15-24)20-18(16-10-4-1-5-11-16)21(23(26)27)19(20)17-12-6-2-7-13-17/h1-2,4-7,10-13,18-21H,3,8-9,14-15H2,(H,26,27)/p-1/t18-,19-,20?,21?/m1/s1. The molecule has 0 aromatic heterocycles. The maximum atomic E-state index is 13.4. The Morgan fingerprint density at radius 1 is 0.741 bits per heavy atom. The summed E-state index contributed by atoms with van der Waals surface area (Å²) in [6.45, 7) is 1.54. The van der Waals surface area contributed by atoms with Gasteiger partial charge in [-0.05, 0) is 30.4 Å². The lowest BCUT2D eigenvalue weighted by atomic mass is 9.52. The molecule has 0 bridgehead atoms. The molecule has 2 aromatic carbocycles. The molecule has 0 spiro atoms. The maximum Gasteiger partial charge on any atom is 0.226 e. The molecule has 1 heterocycles. The fourth-order valence-corrected chi connectivity index (χ4v) is 4.85. The molecule has 2 aliphatic rings. The number of piperidine rings is 1. The van der Waals surface area contributed by atoms with Crippen LogP contribution in [-0.2, 0) is 9.59 Å². The highest BCUT2D eigenvalue weighted by Gasteiger charge is 2.56. The first-order valence-corrected chi connectivity index (χ1v) is 9.78. The number of hydrogen-bond donors (Lipinski definition) is 0. The Morgan fingerprint density at radius 3 is 1.67 bits per heavy atom. The van der Waals surface area contributed by atoms with E-state index >= 15 is 0 Å². The van der Waals surface area contributed by atoms with Crippen molar-refractivity contribution in [3.05, 3.63) is 71.8 Å². The van der Waals surface area contributed by atoms with Gasteiger partial charge in [0.05, 0.1) is 5.92 Å². The van der Waals surface area contributed by atoms with Gasteiger partial charge < -0.3 is 14.8 Å². The summed E-state index contributed by atoms with van der Waals surface area (Å²) in [6.07, 6.45) is 3.20. The van der Waals surface area contributed by atoms with Crippen LogP contribution in [0.15, 0.2) is 60.7 Å². The molecular formula is C23H24NO3-. The number of carboxylic acids is 1. The first kappa shape index (κ1) is 17.8. The van der Waals surface area contributed by atoms with E-state index in [4.69, 9.17) is 0 Å². The van der Waals surface area contributed by atoms with Crippen molar-refractivity contribution >= 4 is 11.9 Å². The molecule has 4 rings (SSSR count). The van der Waals surface area contributed by atoms with E-state index in [9.17, 15) is 14.7 Å². The number of rotatable bonds is 4. The number of hydrogen-bond acceptors (Lipinski definition) is 3. The zero-order valence-corrected chi connectivity index (χ0v) is 15.3. The van der Waals surface area contributed by atoms with Crippen LogP contribution in [0.3, 0.4) is 0 Å². The van der Waals surface area contributed by atoms with Crippen LogP contribution in [0.25, 0.3) is 0 Å². The molecule has 4 heteroatoms. The second kappa shape index (κ2) is 7.55. The third kappa shape index (κ3) is 3.25. The van der Waals surface area contributed by atoms with E-state index in [2.05, 4.69) is 0 Å². The van der Waals surface area contributed by atoms with Crippen molar-refractivity contribution in [3.8, 4) is 0 Å². The van der Waals surface area contributed by atoms with Gasteiger partial charge in [0.15, 0.2) is 0 Å². The van der Waals surface area contributed by atoms with Crippen LogP contribution in [0.4, 0.5) is 0 Å². The van der Waals surface area contributed by atoms with Crippen LogP contribution < -0.4 is 5.11 Å². The molecule has 140 valence electrons. The highest BCUT2D eigenvalue weighted by atomic mass is 16.4. The summed E-state index contributed by atoms with van der Waals surface area (Å²) in [5.41, 5.74) is 1.82. The first-order chi connectivity index (χ1) is 13.2. The van der Waals surface area contributed by atoms with Crippen molar-refractivity contribution in [3.63, 3.8) is 0 Å². The number of carbonyl (C=O) groups is 2. The molecule has 4 nitrogen and oxygen atoms in total. The van der Waals surface area contributed by atoms with Gasteiger partial charge >= 0.3 is 0 Å². The summed E-state index contributed by atoms with van der Waals surface area (Å²) >= 11 is 0. The highest BCUT2D eigenvalue weighted by molar-refractivity contribution is 5.87. The maximum absolute atomic E-state index is 13.4. The number of benzene rings is 2. The summed E-state index contributed by atoms with van der Waals surface area (Å²) < 4.78 is 0. The number of carboxylic acid groups (broad SMARTS) is 1. The van der Waals surface area contributed by atoms with Gasteiger partial charge in [-0.1, -0.05) is 60.7 Å². The average Bonchev–Trinajstić information content (AvgIpc) is 2.69. The van der Waals surface area contributed by atoms with Crippen molar-refractivity contribution in [2.75, 3.05) is 13.1 Å². The molecule has 0 radical (unpaired) electrons. The minimum Gasteiger partial charge on any atom is -0.550 e. The summed E-state index contributed by atoms with van der Waals surface area (Å²) in [5.74, 6) is -2.69. The number of amides is 1. The van der Waals surface area contributed by atoms with Crippen LogP contribution in [0.5, 0.6) is 0 Å². The number of carbonyl (C=O) groups excluding carboxylic acids is 2. The molecule has 2 aromatic rings. The van der Waals surface area contributed by atoms with E-state index in [0.29, 0.717) is 0 Å². The smallest absolute Gasteiger partial charge is 0.226 e. The second-order valence-electron chi connectivity index (χ2n) is 7.63. The van der Waals surface area contributed by atoms with E-state index in [1.807, 2.05) is 65.6 Å². The zero-order valence-electron chi connectivity index (χ0n) is 15.3. The zero-order chi connectivity index (χ0) is 18.8. The molecule has 27 heavy (non-hydrogen) atoms. The predicted octanol–water partition coefficient (Wildman–Crippen LogP) is 2.56. The molecule has 1 amide bonds. The topological polar surface area (TPSA) is 60.4 Å². The van der Waals surface area contributed by atoms with E-state index in [1.54, 1.807) is 0 Å². The van der Waals surface area contributed by atoms with Gasteiger partial charge in [0, 0.05) is 36.8 Å². The Labute approximate surface area is 159 Å². The molecular weight excluding hydrogens is 338 g/mol. The summed E-state index contributed by atoms with van der Waals surface area (Å²) in [6, 6.07) is 19.1. The van der Waals surface area contributed by atoms with Gasteiger partial charge in [-0.25, -0.2) is 0 Å². The SMILES string of the molecule is O=C([O-])C1[C@H](c2ccccc2)C(C(=O)N2CCCCC2)[C@H]1c1ccccc1. The number of aliphatic carboxylic acids is 1. The summed E-state index contributed by atoms with van der Waals surface area (Å²) in [5, 5.41) is 12.1. The van der Waals surface area contributed by atoms with Crippen molar-refractivity contribution in [1.82, 2.24) is 4.90 Å². The Morgan fingerprint density at radius 2 is 1.22 bits per heavy atom. The van der Waals surface area contributed by atoms with Gasteiger partial charge in [0.2, 0.25) is 5.91 Å². The van der Waals surface area contributed by atoms with Gasteiger partial charge in [0.1, 0.15) is 0 Å². The lowest BCUT2D eigenvalue weighted by Crippen LogP contribution is -2.58. The monoisotopic (exact) mass is 362 g/mol. The van der Waals surface area contributed by atoms with E-state index < -0.39 is 11.9 Å². The largest absolute Gasteiger partial charge is 0.550 e. The van der Waals surface area contributed by atoms with Crippen molar-refractivity contribution < 1.29 is 14.7 Å². The van der Waals surface area contributed by atoms with Crippen LogP contribution in [0.1, 0.15) is 42.2 Å². The highest BCUT2D eigenvalue weighted by Crippen LogP contribution is 2.57. The minimum absolute atomic E-state index is 0.0925. The third-order valence-corrected chi connectivity index (χ3v) is 6.14. The van der Waals surface area contributed by atoms with Gasteiger partial charge in [-0.2, -0.15) is 0 Å². The van der Waals surface area contributed by atoms with Crippen LogP contribution in [0.2, 0.25) is 0 Å². The molecule has 1 saturated heterocycles. The molecule has 0 unspecified atom stereocenters. The minimum atomic E-state index is -1.07. The quantitative estimate of drug-likeness (QED) is 0.840. The number of likely N-dealkylation sites (tertiary alicyclic amines) is 1. The van der Waals surface area contributed by atoms with E-state index in [0.717, 1.165) is 43.5 Å². The lowest BCUT2D eigenvalue weighted by Gasteiger charge is -2.53. The number of nitrogens with zero attached hydrogens (tertiary/aromatic N) is 1. The molecule has 1 aliphatic carbocycles. The van der Waals surface area contributed by atoms with E-state index in [1.165, 1.54) is 0 Å². The van der Waals surface area contributed by atoms with Gasteiger partial charge in [-0.15, -0.1) is 0 Å². The Kier molecular flexibility index (Phi) is 4.97. The van der Waals surface area contributed by atoms with Crippen molar-refractivity contribution in [1.29, 1.82) is 0 Å². The second-order valence-corrected chi connectivity index (χ2v) is 7.63. The van der Waals surface area contributed by atoms with Crippen LogP contribution >= 0.6 is 0 Å². The average molecular weight is 362 g/mol. The summed E-state index contributed by atoms with van der Waals surface area (Å²) in [7, 11) is 0. The van der Waals surface area contributed by atoms with Gasteiger partial charge in [0.25, 0.3) is 0 Å². The fourth-order valence-electron chi connectivity index (χ4n) is 4.85. The molecule has 0 N–H and O–H groups in total. The van der Waals surface area contributed by atoms with Crippen LogP contribution in [0, 0.1) is 11.8 Å². The Bertz CT molecular complexity index is 751. The summed E-state index contributed by atoms with van der Waals surface area (Å²) in [4.78, 5) is 27.4. The molecule has 1 saturated carbocycles. The fraction of sp³-hybridized carbons (Fsp3) is 0.391. The molecule has 2 atom stereocenters. The first-order valence-electron chi connectivity index (χ1n) is 9.78. The normalized spacial score (nSPS) is 27.6. The Hall–Kier alpha value is -2.62. The van der Waals surface area contributed by atoms with Gasteiger partial charge in [-0.3, -0.25) is 4.79 Å². The third-order valence-electron chi connectivity index (χ3n) is 6.14. The molecule has 1 aliphatic heterocycles. The predicted molar refractivity (Wildman–Crippen MR) is 101 cm³/mol. The van der Waals surface area contributed by atoms with Crippen molar-refractivity contribution in [2.24, 2.45) is 11.8 Å². The molecule has 2 fully saturated rings. The Balaban J connectivity index is 1.73. The lowest BCUT2D eigenvalue weighted by molar-refractivity contribution is -0.317. The van der Waals surface area contributed by atoms with Crippen LogP contribution in [-0.4, -0.2) is 29.9 Å².